The summed E-state index contributed by atoms with van der Waals surface area (Å²) in [5.41, 5.74) is -0.515. The normalized spacial score (nSPS) is 12.9. The lowest BCUT2D eigenvalue weighted by atomic mass is 9.96. The van der Waals surface area contributed by atoms with E-state index in [2.05, 4.69) is 16.6 Å². The molecule has 0 aliphatic heterocycles. The van der Waals surface area contributed by atoms with Gasteiger partial charge in [0.1, 0.15) is 24.2 Å². The van der Waals surface area contributed by atoms with E-state index >= 15 is 0 Å². The molecule has 0 saturated heterocycles. The van der Waals surface area contributed by atoms with Crippen LogP contribution in [0, 0.1) is 23.7 Å². The van der Waals surface area contributed by atoms with Gasteiger partial charge in [0, 0.05) is 11.1 Å². The summed E-state index contributed by atoms with van der Waals surface area (Å²) in [7, 11) is 0. The number of nitrogens with one attached hydrogen (secondary N) is 2. The third kappa shape index (κ3) is 9.92. The Morgan fingerprint density at radius 3 is 2.31 bits per heavy atom. The highest BCUT2D eigenvalue weighted by Gasteiger charge is 2.38. The summed E-state index contributed by atoms with van der Waals surface area (Å²) in [6.07, 6.45) is 7.10. The van der Waals surface area contributed by atoms with E-state index in [0.717, 1.165) is 0 Å². The summed E-state index contributed by atoms with van der Waals surface area (Å²) >= 11 is 1.50. The molecule has 0 saturated carbocycles. The van der Waals surface area contributed by atoms with Gasteiger partial charge in [-0.3, -0.25) is 9.59 Å². The fraction of sp³-hybridized carbons (Fsp3) is 0.538. The maximum atomic E-state index is 13.8. The number of ether oxygens (including phenoxy) is 1. The number of rotatable bonds is 9. The van der Waals surface area contributed by atoms with Crippen molar-refractivity contribution >= 4 is 29.7 Å². The zero-order valence-corrected chi connectivity index (χ0v) is 22.4. The molecule has 8 nitrogen and oxygen atoms in total. The van der Waals surface area contributed by atoms with Crippen LogP contribution in [0.5, 0.6) is 0 Å². The Hall–Kier alpha value is -3.17. The van der Waals surface area contributed by atoms with Gasteiger partial charge in [-0.1, -0.05) is 24.1 Å². The van der Waals surface area contributed by atoms with Gasteiger partial charge in [-0.15, -0.1) is 6.42 Å². The number of hydrogen-bond donors (Lipinski definition) is 2. The first-order valence-corrected chi connectivity index (χ1v) is 12.7. The molecule has 3 amide bonds. The zero-order valence-electron chi connectivity index (χ0n) is 21.6. The van der Waals surface area contributed by atoms with Crippen LogP contribution < -0.4 is 10.6 Å². The maximum Gasteiger partial charge on any atom is 0.408 e. The Morgan fingerprint density at radius 1 is 1.17 bits per heavy atom. The SMILES string of the molecule is C#Cc1ccccc1C(C(=O)NC(C)(C)C)N(CC#N)C(=O)C(CCSC)NC(=O)OC(C)(C)C. The second kappa shape index (κ2) is 13.1. The summed E-state index contributed by atoms with van der Waals surface area (Å²) < 4.78 is 5.33. The van der Waals surface area contributed by atoms with Gasteiger partial charge in [0.2, 0.25) is 11.8 Å². The van der Waals surface area contributed by atoms with Crippen LogP contribution in [0.1, 0.15) is 65.1 Å². The minimum Gasteiger partial charge on any atom is -0.444 e. The number of amides is 3. The number of carbonyl (C=O) groups is 3. The van der Waals surface area contributed by atoms with Gasteiger partial charge in [-0.25, -0.2) is 4.79 Å². The lowest BCUT2D eigenvalue weighted by molar-refractivity contribution is -0.142. The number of nitrogens with zero attached hydrogens (tertiary/aromatic N) is 2. The van der Waals surface area contributed by atoms with Gasteiger partial charge in [0.15, 0.2) is 0 Å². The topological polar surface area (TPSA) is 112 Å². The third-order valence-corrected chi connectivity index (χ3v) is 5.24. The predicted octanol–water partition coefficient (Wildman–Crippen LogP) is 3.62. The van der Waals surface area contributed by atoms with E-state index in [0.29, 0.717) is 16.9 Å². The highest BCUT2D eigenvalue weighted by Crippen LogP contribution is 2.26. The van der Waals surface area contributed by atoms with Crippen LogP contribution in [-0.4, -0.2) is 58.5 Å². The van der Waals surface area contributed by atoms with E-state index < -0.39 is 41.1 Å². The fourth-order valence-corrected chi connectivity index (χ4v) is 3.74. The first-order valence-electron chi connectivity index (χ1n) is 11.3. The Kier molecular flexibility index (Phi) is 11.1. The van der Waals surface area contributed by atoms with Crippen molar-refractivity contribution in [2.75, 3.05) is 18.6 Å². The number of benzene rings is 1. The van der Waals surface area contributed by atoms with Crippen LogP contribution in [0.15, 0.2) is 24.3 Å². The molecular formula is C26H36N4O4S. The Bertz CT molecular complexity index is 983. The Balaban J connectivity index is 3.54. The molecule has 0 heterocycles. The van der Waals surface area contributed by atoms with Gasteiger partial charge in [0.25, 0.3) is 0 Å². The second-order valence-corrected chi connectivity index (χ2v) is 11.0. The number of hydrogen-bond acceptors (Lipinski definition) is 6. The van der Waals surface area contributed by atoms with Crippen LogP contribution in [0.3, 0.4) is 0 Å². The van der Waals surface area contributed by atoms with E-state index in [4.69, 9.17) is 11.2 Å². The molecule has 2 N–H and O–H groups in total. The minimum atomic E-state index is -1.18. The molecule has 1 aromatic carbocycles. The van der Waals surface area contributed by atoms with Gasteiger partial charge >= 0.3 is 6.09 Å². The summed E-state index contributed by atoms with van der Waals surface area (Å²) in [4.78, 5) is 40.9. The van der Waals surface area contributed by atoms with Crippen molar-refractivity contribution in [2.24, 2.45) is 0 Å². The molecule has 0 spiro atoms. The first kappa shape index (κ1) is 29.9. The van der Waals surface area contributed by atoms with Gasteiger partial charge < -0.3 is 20.3 Å². The molecule has 0 aromatic heterocycles. The molecule has 2 unspecified atom stereocenters. The smallest absolute Gasteiger partial charge is 0.408 e. The summed E-state index contributed by atoms with van der Waals surface area (Å²) in [6.45, 7) is 10.2. The quantitative estimate of drug-likeness (QED) is 0.396. The average Bonchev–Trinajstić information content (AvgIpc) is 2.73. The summed E-state index contributed by atoms with van der Waals surface area (Å²) in [5, 5.41) is 15.1. The van der Waals surface area contributed by atoms with Crippen LogP contribution in [0.2, 0.25) is 0 Å². The van der Waals surface area contributed by atoms with Crippen molar-refractivity contribution in [1.29, 1.82) is 5.26 Å². The van der Waals surface area contributed by atoms with Crippen LogP contribution >= 0.6 is 11.8 Å². The molecule has 1 aromatic rings. The number of carbonyl (C=O) groups excluding carboxylic acids is 3. The van der Waals surface area contributed by atoms with Crippen molar-refractivity contribution in [3.05, 3.63) is 35.4 Å². The molecule has 2 atom stereocenters. The van der Waals surface area contributed by atoms with Gasteiger partial charge in [-0.2, -0.15) is 17.0 Å². The number of alkyl carbamates (subject to hydrolysis) is 1. The van der Waals surface area contributed by atoms with Crippen molar-refractivity contribution in [2.45, 2.75) is 71.2 Å². The first-order chi connectivity index (χ1) is 16.2. The second-order valence-electron chi connectivity index (χ2n) is 9.98. The van der Waals surface area contributed by atoms with Crippen LogP contribution in [0.4, 0.5) is 4.79 Å². The van der Waals surface area contributed by atoms with E-state index in [-0.39, 0.29) is 13.0 Å². The molecule has 0 radical (unpaired) electrons. The van der Waals surface area contributed by atoms with E-state index in [9.17, 15) is 19.6 Å². The van der Waals surface area contributed by atoms with Crippen molar-refractivity contribution in [1.82, 2.24) is 15.5 Å². The third-order valence-electron chi connectivity index (χ3n) is 4.59. The molecule has 0 bridgehead atoms. The zero-order chi connectivity index (χ0) is 26.8. The van der Waals surface area contributed by atoms with E-state index in [1.54, 1.807) is 45.0 Å². The monoisotopic (exact) mass is 500 g/mol. The lowest BCUT2D eigenvalue weighted by Gasteiger charge is -2.35. The fourth-order valence-electron chi connectivity index (χ4n) is 3.27. The standard InChI is InChI=1S/C26H36N4O4S/c1-9-18-12-10-11-13-19(18)21(22(31)29-25(2,3)4)30(16-15-27)23(32)20(14-17-35-8)28-24(33)34-26(5,6)7/h1,10-13,20-21H,14,16-17H2,2-8H3,(H,28,33)(H,29,31). The molecule has 190 valence electrons. The minimum absolute atomic E-state index is 0.283. The molecular weight excluding hydrogens is 464 g/mol. The summed E-state index contributed by atoms with van der Waals surface area (Å²) in [5.74, 6) is 2.06. The van der Waals surface area contributed by atoms with Gasteiger partial charge in [0.05, 0.1) is 6.07 Å². The van der Waals surface area contributed by atoms with Crippen LogP contribution in [-0.2, 0) is 14.3 Å². The number of thioether (sulfide) groups is 1. The molecule has 0 aliphatic rings. The molecule has 0 fully saturated rings. The molecule has 35 heavy (non-hydrogen) atoms. The molecule has 0 aliphatic carbocycles. The Morgan fingerprint density at radius 2 is 1.80 bits per heavy atom. The Labute approximate surface area is 213 Å². The average molecular weight is 501 g/mol. The largest absolute Gasteiger partial charge is 0.444 e. The predicted molar refractivity (Wildman–Crippen MR) is 138 cm³/mol. The number of terminal acetylenes is 1. The molecule has 9 heteroatoms. The highest BCUT2D eigenvalue weighted by molar-refractivity contribution is 7.98. The van der Waals surface area contributed by atoms with Crippen molar-refractivity contribution < 1.29 is 19.1 Å². The maximum absolute atomic E-state index is 13.8. The molecule has 1 rings (SSSR count). The highest BCUT2D eigenvalue weighted by atomic mass is 32.2. The van der Waals surface area contributed by atoms with E-state index in [1.165, 1.54) is 16.7 Å². The van der Waals surface area contributed by atoms with Crippen LogP contribution in [0.25, 0.3) is 0 Å². The van der Waals surface area contributed by atoms with E-state index in [1.807, 2.05) is 33.1 Å². The lowest BCUT2D eigenvalue weighted by Crippen LogP contribution is -2.55. The van der Waals surface area contributed by atoms with Crippen molar-refractivity contribution in [3.8, 4) is 18.4 Å². The van der Waals surface area contributed by atoms with Gasteiger partial charge in [-0.05, 0) is 71.6 Å². The van der Waals surface area contributed by atoms with Crippen molar-refractivity contribution in [3.63, 3.8) is 0 Å². The summed E-state index contributed by atoms with van der Waals surface area (Å²) in [6, 6.07) is 6.59. The number of nitriles is 1.